The Bertz CT molecular complexity index is 277. The topological polar surface area (TPSA) is 87.7 Å². The van der Waals surface area contributed by atoms with Gasteiger partial charge in [-0.15, -0.1) is 0 Å². The van der Waals surface area contributed by atoms with E-state index in [-0.39, 0.29) is 18.6 Å². The predicted octanol–water partition coefficient (Wildman–Crippen LogP) is 0.125. The zero-order chi connectivity index (χ0) is 13.4. The molecule has 6 heteroatoms. The normalized spacial score (nSPS) is 18.3. The summed E-state index contributed by atoms with van der Waals surface area (Å²) in [6, 6.07) is -0.806. The van der Waals surface area contributed by atoms with Crippen LogP contribution in [0.15, 0.2) is 0 Å². The maximum atomic E-state index is 11.6. The first-order valence-electron chi connectivity index (χ1n) is 6.48. The number of carbonyl (C=O) groups is 2. The molecule has 0 aromatic heterocycles. The Labute approximate surface area is 107 Å². The molecule has 0 aromatic rings. The summed E-state index contributed by atoms with van der Waals surface area (Å²) in [4.78, 5) is 22.4. The molecule has 6 nitrogen and oxygen atoms in total. The minimum Gasteiger partial charge on any atom is -0.480 e. The molecule has 0 bridgehead atoms. The van der Waals surface area contributed by atoms with Crippen LogP contribution >= 0.6 is 0 Å². The average molecular weight is 258 g/mol. The molecule has 1 saturated heterocycles. The van der Waals surface area contributed by atoms with Crippen LogP contribution in [0.3, 0.4) is 0 Å². The highest BCUT2D eigenvalue weighted by atomic mass is 16.5. The summed E-state index contributed by atoms with van der Waals surface area (Å²) < 4.78 is 5.46. The lowest BCUT2D eigenvalue weighted by atomic mass is 10.1. The third-order valence-corrected chi connectivity index (χ3v) is 2.95. The molecule has 18 heavy (non-hydrogen) atoms. The fraction of sp³-hybridized carbons (Fsp3) is 0.833. The van der Waals surface area contributed by atoms with Gasteiger partial charge in [0.2, 0.25) is 5.91 Å². The molecule has 1 fully saturated rings. The van der Waals surface area contributed by atoms with Crippen molar-refractivity contribution in [1.82, 2.24) is 10.6 Å². The van der Waals surface area contributed by atoms with Crippen molar-refractivity contribution in [3.63, 3.8) is 0 Å². The molecule has 1 heterocycles. The number of carbonyl (C=O) groups excluding carboxylic acids is 1. The predicted molar refractivity (Wildman–Crippen MR) is 66.3 cm³/mol. The van der Waals surface area contributed by atoms with E-state index in [1.165, 1.54) is 0 Å². The van der Waals surface area contributed by atoms with Gasteiger partial charge >= 0.3 is 5.97 Å². The molecule has 0 aliphatic carbocycles. The van der Waals surface area contributed by atoms with Gasteiger partial charge in [-0.1, -0.05) is 13.3 Å². The summed E-state index contributed by atoms with van der Waals surface area (Å²) in [5, 5.41) is 14.6. The van der Waals surface area contributed by atoms with Gasteiger partial charge in [-0.25, -0.2) is 4.79 Å². The maximum absolute atomic E-state index is 11.6. The van der Waals surface area contributed by atoms with Crippen LogP contribution in [0.5, 0.6) is 0 Å². The van der Waals surface area contributed by atoms with E-state index in [1.54, 1.807) is 0 Å². The Kier molecular flexibility index (Phi) is 6.67. The molecule has 0 unspecified atom stereocenters. The maximum Gasteiger partial charge on any atom is 0.326 e. The van der Waals surface area contributed by atoms with E-state index in [9.17, 15) is 9.59 Å². The number of nitrogens with one attached hydrogen (secondary N) is 2. The third kappa shape index (κ3) is 5.46. The zero-order valence-electron chi connectivity index (χ0n) is 10.8. The second kappa shape index (κ2) is 8.05. The summed E-state index contributed by atoms with van der Waals surface area (Å²) >= 11 is 0. The molecule has 0 spiro atoms. The van der Waals surface area contributed by atoms with Crippen molar-refractivity contribution in [2.75, 3.05) is 19.7 Å². The van der Waals surface area contributed by atoms with Gasteiger partial charge in [-0.3, -0.25) is 4.79 Å². The van der Waals surface area contributed by atoms with E-state index in [1.807, 2.05) is 6.92 Å². The molecule has 0 aromatic carbocycles. The Morgan fingerprint density at radius 3 is 2.67 bits per heavy atom. The smallest absolute Gasteiger partial charge is 0.326 e. The Morgan fingerprint density at radius 2 is 2.11 bits per heavy atom. The second-order valence-corrected chi connectivity index (χ2v) is 4.51. The van der Waals surface area contributed by atoms with Gasteiger partial charge in [-0.05, 0) is 32.4 Å². The Hall–Kier alpha value is -1.14. The number of amides is 1. The number of ether oxygens (including phenoxy) is 1. The molecule has 1 amide bonds. The summed E-state index contributed by atoms with van der Waals surface area (Å²) in [5.41, 5.74) is 0. The van der Waals surface area contributed by atoms with Crippen LogP contribution in [0.1, 0.15) is 32.6 Å². The zero-order valence-corrected chi connectivity index (χ0v) is 10.8. The van der Waals surface area contributed by atoms with Crippen LogP contribution in [0.25, 0.3) is 0 Å². The van der Waals surface area contributed by atoms with Crippen LogP contribution in [0.4, 0.5) is 0 Å². The number of aliphatic carboxylic acids is 1. The number of rotatable bonds is 7. The van der Waals surface area contributed by atoms with E-state index in [4.69, 9.17) is 9.84 Å². The van der Waals surface area contributed by atoms with Crippen molar-refractivity contribution in [3.8, 4) is 0 Å². The number of hydrogen-bond donors (Lipinski definition) is 3. The molecular formula is C12H22N2O4. The molecule has 1 atom stereocenters. The Morgan fingerprint density at radius 1 is 1.44 bits per heavy atom. The van der Waals surface area contributed by atoms with Crippen LogP contribution in [-0.4, -0.2) is 48.8 Å². The van der Waals surface area contributed by atoms with Crippen LogP contribution in [-0.2, 0) is 14.3 Å². The average Bonchev–Trinajstić information content (AvgIpc) is 2.37. The highest BCUT2D eigenvalue weighted by Crippen LogP contribution is 2.06. The fourth-order valence-electron chi connectivity index (χ4n) is 1.94. The first-order chi connectivity index (χ1) is 8.63. The minimum atomic E-state index is -0.993. The summed E-state index contributed by atoms with van der Waals surface area (Å²) in [6.45, 7) is 3.63. The van der Waals surface area contributed by atoms with Gasteiger partial charge in [0.05, 0.1) is 6.10 Å². The van der Waals surface area contributed by atoms with Gasteiger partial charge in [0.15, 0.2) is 0 Å². The first kappa shape index (κ1) is 14.9. The van der Waals surface area contributed by atoms with Crippen molar-refractivity contribution < 1.29 is 19.4 Å². The highest BCUT2D eigenvalue weighted by Gasteiger charge is 2.20. The lowest BCUT2D eigenvalue weighted by Crippen LogP contribution is -2.43. The van der Waals surface area contributed by atoms with E-state index in [0.717, 1.165) is 25.9 Å². The molecule has 1 rings (SSSR count). The molecule has 104 valence electrons. The van der Waals surface area contributed by atoms with Crippen molar-refractivity contribution >= 4 is 11.9 Å². The monoisotopic (exact) mass is 258 g/mol. The van der Waals surface area contributed by atoms with Gasteiger partial charge in [0.25, 0.3) is 0 Å². The first-order valence-corrected chi connectivity index (χ1v) is 6.48. The van der Waals surface area contributed by atoms with Gasteiger partial charge in [0.1, 0.15) is 12.6 Å². The lowest BCUT2D eigenvalue weighted by molar-refractivity contribution is -0.143. The van der Waals surface area contributed by atoms with Crippen molar-refractivity contribution in [1.29, 1.82) is 0 Å². The SMILES string of the molecule is CCC[C@@H](NC(=O)COC1CCNCC1)C(=O)O. The number of hydrogen-bond acceptors (Lipinski definition) is 4. The summed E-state index contributed by atoms with van der Waals surface area (Å²) in [5.74, 6) is -1.35. The summed E-state index contributed by atoms with van der Waals surface area (Å²) in [6.07, 6.45) is 3.04. The third-order valence-electron chi connectivity index (χ3n) is 2.95. The largest absolute Gasteiger partial charge is 0.480 e. The summed E-state index contributed by atoms with van der Waals surface area (Å²) in [7, 11) is 0. The van der Waals surface area contributed by atoms with Gasteiger partial charge < -0.3 is 20.5 Å². The lowest BCUT2D eigenvalue weighted by Gasteiger charge is -2.23. The Balaban J connectivity index is 2.24. The number of carboxylic acid groups (broad SMARTS) is 1. The molecular weight excluding hydrogens is 236 g/mol. The molecule has 1 aliphatic rings. The minimum absolute atomic E-state index is 0.0574. The van der Waals surface area contributed by atoms with E-state index in [0.29, 0.717) is 12.8 Å². The quantitative estimate of drug-likeness (QED) is 0.604. The molecule has 3 N–H and O–H groups in total. The van der Waals surface area contributed by atoms with Gasteiger partial charge in [-0.2, -0.15) is 0 Å². The van der Waals surface area contributed by atoms with Crippen molar-refractivity contribution in [3.05, 3.63) is 0 Å². The van der Waals surface area contributed by atoms with Crippen LogP contribution in [0.2, 0.25) is 0 Å². The van der Waals surface area contributed by atoms with Crippen molar-refractivity contribution in [2.45, 2.75) is 44.8 Å². The second-order valence-electron chi connectivity index (χ2n) is 4.51. The highest BCUT2D eigenvalue weighted by molar-refractivity contribution is 5.84. The van der Waals surface area contributed by atoms with E-state index < -0.39 is 12.0 Å². The number of carboxylic acids is 1. The van der Waals surface area contributed by atoms with E-state index in [2.05, 4.69) is 10.6 Å². The van der Waals surface area contributed by atoms with E-state index >= 15 is 0 Å². The van der Waals surface area contributed by atoms with Crippen LogP contribution < -0.4 is 10.6 Å². The van der Waals surface area contributed by atoms with Gasteiger partial charge in [0, 0.05) is 0 Å². The molecule has 0 saturated carbocycles. The van der Waals surface area contributed by atoms with Crippen LogP contribution in [0, 0.1) is 0 Å². The number of piperidine rings is 1. The standard InChI is InChI=1S/C12H22N2O4/c1-2-3-10(12(16)17)14-11(15)8-18-9-4-6-13-7-5-9/h9-10,13H,2-8H2,1H3,(H,14,15)(H,16,17)/t10-/m1/s1. The molecule has 1 aliphatic heterocycles. The molecule has 0 radical (unpaired) electrons. The fourth-order valence-corrected chi connectivity index (χ4v) is 1.94. The van der Waals surface area contributed by atoms with Crippen molar-refractivity contribution in [2.24, 2.45) is 0 Å².